The third kappa shape index (κ3) is 4.02. The zero-order chi connectivity index (χ0) is 25.9. The molecule has 11 heteroatoms. The normalized spacial score (nSPS) is 17.8. The number of hydrogen-bond acceptors (Lipinski definition) is 5. The first-order chi connectivity index (χ1) is 16.3. The molecular weight excluding hydrogens is 504 g/mol. The summed E-state index contributed by atoms with van der Waals surface area (Å²) < 4.78 is 55.7. The molecule has 0 amide bonds. The molecule has 35 heavy (non-hydrogen) atoms. The zero-order valence-electron chi connectivity index (χ0n) is 18.7. The lowest BCUT2D eigenvalue weighted by molar-refractivity contribution is -0.138. The number of aryl methyl sites for hydroxylation is 1. The summed E-state index contributed by atoms with van der Waals surface area (Å²) in [6.45, 7) is 4.90. The quantitative estimate of drug-likeness (QED) is 0.234. The van der Waals surface area contributed by atoms with Crippen LogP contribution in [0.4, 0.5) is 23.2 Å². The molecule has 1 atom stereocenters. The van der Waals surface area contributed by atoms with Gasteiger partial charge >= 0.3 is 6.18 Å². The first kappa shape index (κ1) is 24.9. The van der Waals surface area contributed by atoms with Gasteiger partial charge in [0.1, 0.15) is 16.5 Å². The number of carbonyl (C=O) groups is 1. The SMILES string of the molecule is CCc1nc(Cl)c2cc(N3C(=S)C(c4ccc(C#N)c(C(F)(F)F)c4)C(=O)C3(C)C)cc(F)c2n1. The molecule has 2 aromatic carbocycles. The number of fused-ring (bicyclic) bond motifs is 1. The monoisotopic (exact) mass is 520 g/mol. The number of carbonyl (C=O) groups excluding carboxylic acids is 1. The molecule has 180 valence electrons. The molecule has 0 bridgehead atoms. The molecule has 1 saturated heterocycles. The average Bonchev–Trinajstić information content (AvgIpc) is 2.96. The van der Waals surface area contributed by atoms with Crippen molar-refractivity contribution < 1.29 is 22.4 Å². The van der Waals surface area contributed by atoms with E-state index in [-0.39, 0.29) is 32.3 Å². The van der Waals surface area contributed by atoms with Crippen LogP contribution in [-0.4, -0.2) is 26.3 Å². The van der Waals surface area contributed by atoms with Gasteiger partial charge in [0, 0.05) is 17.5 Å². The van der Waals surface area contributed by atoms with Gasteiger partial charge in [-0.05, 0) is 43.7 Å². The maximum atomic E-state index is 15.1. The van der Waals surface area contributed by atoms with Gasteiger partial charge in [-0.3, -0.25) is 4.79 Å². The highest BCUT2D eigenvalue weighted by Crippen LogP contribution is 2.43. The smallest absolute Gasteiger partial charge is 0.322 e. The fourth-order valence-corrected chi connectivity index (χ4v) is 5.09. The Bertz CT molecular complexity index is 1450. The van der Waals surface area contributed by atoms with E-state index in [0.29, 0.717) is 12.2 Å². The van der Waals surface area contributed by atoms with Gasteiger partial charge in [-0.25, -0.2) is 14.4 Å². The van der Waals surface area contributed by atoms with E-state index in [1.54, 1.807) is 20.8 Å². The topological polar surface area (TPSA) is 69.9 Å². The van der Waals surface area contributed by atoms with E-state index in [9.17, 15) is 18.0 Å². The third-order valence-electron chi connectivity index (χ3n) is 6.01. The van der Waals surface area contributed by atoms with Crippen molar-refractivity contribution in [2.75, 3.05) is 4.90 Å². The minimum absolute atomic E-state index is 0.00111. The Morgan fingerprint density at radius 2 is 1.91 bits per heavy atom. The molecule has 2 heterocycles. The van der Waals surface area contributed by atoms with Crippen molar-refractivity contribution in [3.63, 3.8) is 0 Å². The van der Waals surface area contributed by atoms with E-state index in [2.05, 4.69) is 9.97 Å². The molecule has 0 aliphatic carbocycles. The van der Waals surface area contributed by atoms with Crippen LogP contribution in [0.25, 0.3) is 10.9 Å². The summed E-state index contributed by atoms with van der Waals surface area (Å²) in [4.78, 5) is 23.2. The maximum absolute atomic E-state index is 15.1. The predicted octanol–water partition coefficient (Wildman–Crippen LogP) is 6.15. The predicted molar refractivity (Wildman–Crippen MR) is 127 cm³/mol. The Morgan fingerprint density at radius 1 is 1.23 bits per heavy atom. The first-order valence-corrected chi connectivity index (χ1v) is 11.2. The van der Waals surface area contributed by atoms with Crippen molar-refractivity contribution in [2.45, 2.75) is 44.8 Å². The third-order valence-corrected chi connectivity index (χ3v) is 6.71. The molecule has 0 N–H and O–H groups in total. The molecule has 0 radical (unpaired) electrons. The van der Waals surface area contributed by atoms with Crippen LogP contribution in [0.3, 0.4) is 0 Å². The van der Waals surface area contributed by atoms with Crippen molar-refractivity contribution >= 4 is 51.2 Å². The van der Waals surface area contributed by atoms with Crippen molar-refractivity contribution in [3.8, 4) is 6.07 Å². The summed E-state index contributed by atoms with van der Waals surface area (Å²) in [6.07, 6.45) is -4.35. The fourth-order valence-electron chi connectivity index (χ4n) is 4.27. The van der Waals surface area contributed by atoms with Crippen molar-refractivity contribution in [3.05, 3.63) is 63.8 Å². The lowest BCUT2D eigenvalue weighted by Gasteiger charge is -2.31. The van der Waals surface area contributed by atoms with Gasteiger partial charge in [0.2, 0.25) is 0 Å². The van der Waals surface area contributed by atoms with Gasteiger partial charge in [-0.1, -0.05) is 36.8 Å². The largest absolute Gasteiger partial charge is 0.417 e. The van der Waals surface area contributed by atoms with E-state index in [4.69, 9.17) is 29.1 Å². The second-order valence-corrected chi connectivity index (χ2v) is 9.33. The molecule has 3 aromatic rings. The molecule has 1 unspecified atom stereocenters. The van der Waals surface area contributed by atoms with Crippen LogP contribution in [0.2, 0.25) is 5.15 Å². The highest BCUT2D eigenvalue weighted by molar-refractivity contribution is 7.80. The van der Waals surface area contributed by atoms with Crippen LogP contribution in [0.5, 0.6) is 0 Å². The minimum Gasteiger partial charge on any atom is -0.322 e. The number of aromatic nitrogens is 2. The number of Topliss-reactive ketones (excluding diaryl/α,β-unsaturated/α-hetero) is 1. The Balaban J connectivity index is 1.86. The Labute approximate surface area is 208 Å². The lowest BCUT2D eigenvalue weighted by atomic mass is 9.88. The average molecular weight is 521 g/mol. The van der Waals surface area contributed by atoms with Crippen molar-refractivity contribution in [1.29, 1.82) is 5.26 Å². The van der Waals surface area contributed by atoms with Crippen molar-refractivity contribution in [1.82, 2.24) is 9.97 Å². The maximum Gasteiger partial charge on any atom is 0.417 e. The molecule has 1 aliphatic heterocycles. The van der Waals surface area contributed by atoms with Gasteiger partial charge in [0.15, 0.2) is 11.6 Å². The van der Waals surface area contributed by atoms with E-state index in [0.717, 1.165) is 18.2 Å². The summed E-state index contributed by atoms with van der Waals surface area (Å²) >= 11 is 11.8. The van der Waals surface area contributed by atoms with Crippen LogP contribution in [0.15, 0.2) is 30.3 Å². The number of benzene rings is 2. The summed E-state index contributed by atoms with van der Waals surface area (Å²) in [5.41, 5.74) is -2.83. The molecule has 1 aliphatic rings. The van der Waals surface area contributed by atoms with Crippen LogP contribution in [0.1, 0.15) is 49.2 Å². The summed E-state index contributed by atoms with van der Waals surface area (Å²) in [5, 5.41) is 9.32. The summed E-state index contributed by atoms with van der Waals surface area (Å²) in [6, 6.07) is 7.24. The van der Waals surface area contributed by atoms with Crippen LogP contribution < -0.4 is 4.90 Å². The van der Waals surface area contributed by atoms with Gasteiger partial charge < -0.3 is 4.90 Å². The van der Waals surface area contributed by atoms with Gasteiger partial charge in [0.25, 0.3) is 0 Å². The van der Waals surface area contributed by atoms with E-state index in [1.807, 2.05) is 0 Å². The number of hydrogen-bond donors (Lipinski definition) is 0. The van der Waals surface area contributed by atoms with E-state index >= 15 is 4.39 Å². The number of ketones is 1. The highest BCUT2D eigenvalue weighted by Gasteiger charge is 2.52. The summed E-state index contributed by atoms with van der Waals surface area (Å²) in [7, 11) is 0. The van der Waals surface area contributed by atoms with E-state index in [1.165, 1.54) is 23.1 Å². The number of nitrogens with zero attached hydrogens (tertiary/aromatic N) is 4. The molecule has 1 aromatic heterocycles. The van der Waals surface area contributed by atoms with E-state index < -0.39 is 40.4 Å². The Hall–Kier alpha value is -3.16. The molecular formula is C24H17ClF4N4OS. The second-order valence-electron chi connectivity index (χ2n) is 8.55. The number of thiocarbonyl (C=S) groups is 1. The van der Waals surface area contributed by atoms with Crippen molar-refractivity contribution in [2.24, 2.45) is 0 Å². The molecule has 1 fully saturated rings. The second kappa shape index (κ2) is 8.50. The number of nitriles is 1. The van der Waals surface area contributed by atoms with Gasteiger partial charge in [-0.15, -0.1) is 0 Å². The standard InChI is InChI=1S/C24H17ClF4N4OS/c1-4-17-31-19-14(21(25)32-17)8-13(9-16(19)26)33-22(35)18(20(34)23(33,2)3)11-5-6-12(10-30)15(7-11)24(27,28)29/h5-9,18H,4H2,1-3H3. The molecule has 0 spiro atoms. The first-order valence-electron chi connectivity index (χ1n) is 10.5. The molecule has 5 nitrogen and oxygen atoms in total. The Morgan fingerprint density at radius 3 is 2.51 bits per heavy atom. The van der Waals surface area contributed by atoms with Gasteiger partial charge in [-0.2, -0.15) is 18.4 Å². The fraction of sp³-hybridized carbons (Fsp3) is 0.292. The number of rotatable bonds is 3. The lowest BCUT2D eigenvalue weighted by Crippen LogP contribution is -2.44. The number of anilines is 1. The van der Waals surface area contributed by atoms with Gasteiger partial charge in [0.05, 0.1) is 33.6 Å². The Kier molecular flexibility index (Phi) is 6.06. The molecule has 0 saturated carbocycles. The minimum atomic E-state index is -4.80. The number of alkyl halides is 3. The summed E-state index contributed by atoms with van der Waals surface area (Å²) in [5.74, 6) is -2.02. The number of halogens is 5. The zero-order valence-corrected chi connectivity index (χ0v) is 20.2. The molecule has 4 rings (SSSR count). The highest BCUT2D eigenvalue weighted by atomic mass is 35.5. The van der Waals surface area contributed by atoms with Crippen LogP contribution >= 0.6 is 23.8 Å². The van der Waals surface area contributed by atoms with Crippen LogP contribution in [0, 0.1) is 17.1 Å². The van der Waals surface area contributed by atoms with Crippen LogP contribution in [-0.2, 0) is 17.4 Å².